The summed E-state index contributed by atoms with van der Waals surface area (Å²) in [7, 11) is 4.43. The molecule has 36 heavy (non-hydrogen) atoms. The van der Waals surface area contributed by atoms with Crippen LogP contribution in [0.15, 0.2) is 35.9 Å². The Morgan fingerprint density at radius 3 is 2.36 bits per heavy atom. The fraction of sp³-hybridized carbons (Fsp3) is 0.407. The van der Waals surface area contributed by atoms with Crippen molar-refractivity contribution in [1.82, 2.24) is 9.80 Å². The first kappa shape index (κ1) is 24.1. The van der Waals surface area contributed by atoms with Crippen molar-refractivity contribution in [2.75, 3.05) is 27.9 Å². The maximum Gasteiger partial charge on any atom is 0.336 e. The van der Waals surface area contributed by atoms with Crippen molar-refractivity contribution in [2.24, 2.45) is 0 Å². The fourth-order valence-electron chi connectivity index (χ4n) is 5.77. The van der Waals surface area contributed by atoms with Gasteiger partial charge >= 0.3 is 12.0 Å². The molecule has 1 saturated heterocycles. The molecule has 0 unspecified atom stereocenters. The lowest BCUT2D eigenvalue weighted by molar-refractivity contribution is -0.136. The van der Waals surface area contributed by atoms with Gasteiger partial charge in [0.15, 0.2) is 11.5 Å². The molecule has 0 radical (unpaired) electrons. The summed E-state index contributed by atoms with van der Waals surface area (Å²) in [4.78, 5) is 30.2. The average Bonchev–Trinajstić information content (AvgIpc) is 3.19. The van der Waals surface area contributed by atoms with Gasteiger partial charge in [-0.25, -0.2) is 18.4 Å². The number of esters is 1. The molecule has 2 aromatic carbocycles. The Morgan fingerprint density at radius 1 is 0.972 bits per heavy atom. The number of carbonyl (C=O) groups is 2. The number of fused-ring (bicyclic) bond motifs is 3. The van der Waals surface area contributed by atoms with Crippen molar-refractivity contribution in [3.8, 4) is 11.5 Å². The van der Waals surface area contributed by atoms with Gasteiger partial charge in [-0.1, -0.05) is 0 Å². The van der Waals surface area contributed by atoms with Crippen LogP contribution in [0.25, 0.3) is 5.57 Å². The van der Waals surface area contributed by atoms with Crippen LogP contribution in [0.2, 0.25) is 0 Å². The summed E-state index contributed by atoms with van der Waals surface area (Å²) in [5, 5.41) is 0. The van der Waals surface area contributed by atoms with Gasteiger partial charge in [-0.05, 0) is 66.6 Å². The number of ether oxygens (including phenoxy) is 3. The van der Waals surface area contributed by atoms with E-state index in [9.17, 15) is 18.4 Å². The molecule has 0 saturated carbocycles. The molecule has 7 nitrogen and oxygen atoms in total. The van der Waals surface area contributed by atoms with Gasteiger partial charge in [-0.15, -0.1) is 0 Å². The number of rotatable bonds is 4. The molecule has 1 fully saturated rings. The van der Waals surface area contributed by atoms with E-state index in [2.05, 4.69) is 0 Å². The summed E-state index contributed by atoms with van der Waals surface area (Å²) in [6, 6.07) is 6.29. The Hall–Kier alpha value is -3.62. The maximum atomic E-state index is 14.7. The van der Waals surface area contributed by atoms with E-state index < -0.39 is 23.6 Å². The normalized spacial score (nSPS) is 20.8. The highest BCUT2D eigenvalue weighted by molar-refractivity contribution is 6.01. The predicted molar refractivity (Wildman–Crippen MR) is 128 cm³/mol. The highest BCUT2D eigenvalue weighted by Gasteiger charge is 2.48. The van der Waals surface area contributed by atoms with E-state index in [1.165, 1.54) is 19.2 Å². The van der Waals surface area contributed by atoms with Crippen LogP contribution >= 0.6 is 0 Å². The summed E-state index contributed by atoms with van der Waals surface area (Å²) in [6.45, 7) is 0.926. The van der Waals surface area contributed by atoms with Crippen molar-refractivity contribution in [2.45, 2.75) is 44.3 Å². The van der Waals surface area contributed by atoms with E-state index in [1.807, 2.05) is 12.1 Å². The number of urea groups is 1. The fourth-order valence-corrected chi connectivity index (χ4v) is 5.77. The highest BCUT2D eigenvalue weighted by atomic mass is 19.1. The molecule has 5 rings (SSSR count). The van der Waals surface area contributed by atoms with Crippen molar-refractivity contribution < 1.29 is 32.6 Å². The van der Waals surface area contributed by atoms with Crippen LogP contribution in [-0.2, 0) is 22.5 Å². The molecule has 0 spiro atoms. The molecule has 3 heterocycles. The predicted octanol–water partition coefficient (Wildman–Crippen LogP) is 4.32. The SMILES string of the molecule is COC(=O)C1=C(c2ccc(F)cc2F)C[C@@H]2CC[C@H]1N2C(=O)N1CCc2cc(OC)c(OC)cc2C1. The maximum absolute atomic E-state index is 14.7. The smallest absolute Gasteiger partial charge is 0.336 e. The zero-order valence-electron chi connectivity index (χ0n) is 20.5. The average molecular weight is 499 g/mol. The van der Waals surface area contributed by atoms with Crippen molar-refractivity contribution in [1.29, 1.82) is 0 Å². The number of amides is 2. The summed E-state index contributed by atoms with van der Waals surface area (Å²) in [6.07, 6.45) is 2.21. The molecule has 0 aliphatic carbocycles. The second-order valence-corrected chi connectivity index (χ2v) is 9.30. The lowest BCUT2D eigenvalue weighted by atomic mass is 9.88. The molecule has 2 amide bonds. The minimum absolute atomic E-state index is 0.164. The molecule has 3 aliphatic rings. The topological polar surface area (TPSA) is 68.3 Å². The Labute approximate surface area is 208 Å². The minimum atomic E-state index is -0.734. The van der Waals surface area contributed by atoms with Crippen molar-refractivity contribution in [3.63, 3.8) is 0 Å². The summed E-state index contributed by atoms with van der Waals surface area (Å²) in [5.74, 6) is -0.768. The van der Waals surface area contributed by atoms with Crippen LogP contribution in [0, 0.1) is 11.6 Å². The summed E-state index contributed by atoms with van der Waals surface area (Å²) in [5.41, 5.74) is 3.01. The number of halogens is 2. The Kier molecular flexibility index (Phi) is 6.32. The van der Waals surface area contributed by atoms with Crippen LogP contribution in [-0.4, -0.2) is 61.8 Å². The summed E-state index contributed by atoms with van der Waals surface area (Å²) < 4.78 is 44.2. The van der Waals surface area contributed by atoms with E-state index in [4.69, 9.17) is 14.2 Å². The Bertz CT molecular complexity index is 1260. The van der Waals surface area contributed by atoms with Crippen LogP contribution in [0.3, 0.4) is 0 Å². The number of methoxy groups -OCH3 is 3. The summed E-state index contributed by atoms with van der Waals surface area (Å²) >= 11 is 0. The Morgan fingerprint density at radius 2 is 1.69 bits per heavy atom. The molecular weight excluding hydrogens is 470 g/mol. The van der Waals surface area contributed by atoms with Gasteiger partial charge in [0.05, 0.1) is 32.9 Å². The van der Waals surface area contributed by atoms with Crippen LogP contribution in [0.5, 0.6) is 11.5 Å². The largest absolute Gasteiger partial charge is 0.493 e. The van der Waals surface area contributed by atoms with Crippen LogP contribution in [0.4, 0.5) is 13.6 Å². The van der Waals surface area contributed by atoms with E-state index in [0.717, 1.165) is 17.2 Å². The Balaban J connectivity index is 1.47. The first-order valence-electron chi connectivity index (χ1n) is 11.9. The van der Waals surface area contributed by atoms with Gasteiger partial charge in [-0.2, -0.15) is 0 Å². The van der Waals surface area contributed by atoms with Crippen LogP contribution in [0.1, 0.15) is 36.0 Å². The van der Waals surface area contributed by atoms with Crippen molar-refractivity contribution in [3.05, 3.63) is 64.2 Å². The third-order valence-corrected chi connectivity index (χ3v) is 7.47. The van der Waals surface area contributed by atoms with Gasteiger partial charge in [0, 0.05) is 30.8 Å². The number of hydrogen-bond acceptors (Lipinski definition) is 5. The number of carbonyl (C=O) groups excluding carboxylic acids is 2. The molecule has 0 N–H and O–H groups in total. The molecule has 3 aliphatic heterocycles. The molecule has 190 valence electrons. The molecule has 9 heteroatoms. The van der Waals surface area contributed by atoms with Gasteiger partial charge in [0.1, 0.15) is 11.6 Å². The third-order valence-electron chi connectivity index (χ3n) is 7.47. The number of benzene rings is 2. The lowest BCUT2D eigenvalue weighted by Gasteiger charge is -2.41. The standard InChI is InChI=1S/C27H28F2N2O5/c1-34-23-10-15-8-9-30(14-16(15)11-24(23)35-2)27(33)31-18-5-7-22(31)25(26(32)36-3)20(13-18)19-6-4-17(28)12-21(19)29/h4,6,10-12,18,22H,5,7-9,13-14H2,1-3H3/t18-,22+/m0/s1. The third kappa shape index (κ3) is 3.96. The molecule has 0 aromatic heterocycles. The molecule has 2 bridgehead atoms. The molecule has 2 aromatic rings. The van der Waals surface area contributed by atoms with Gasteiger partial charge in [0.2, 0.25) is 0 Å². The zero-order valence-corrected chi connectivity index (χ0v) is 20.5. The number of nitrogens with zero attached hydrogens (tertiary/aromatic N) is 2. The van der Waals surface area contributed by atoms with E-state index >= 15 is 0 Å². The first-order valence-corrected chi connectivity index (χ1v) is 11.9. The monoisotopic (exact) mass is 498 g/mol. The zero-order chi connectivity index (χ0) is 25.6. The van der Waals surface area contributed by atoms with Gasteiger partial charge in [-0.3, -0.25) is 0 Å². The van der Waals surface area contributed by atoms with Gasteiger partial charge in [0.25, 0.3) is 0 Å². The lowest BCUT2D eigenvalue weighted by Crippen LogP contribution is -2.53. The number of hydrogen-bond donors (Lipinski definition) is 0. The second kappa shape index (κ2) is 9.44. The van der Waals surface area contributed by atoms with E-state index in [1.54, 1.807) is 24.0 Å². The van der Waals surface area contributed by atoms with E-state index in [-0.39, 0.29) is 23.2 Å². The minimum Gasteiger partial charge on any atom is -0.493 e. The molecule has 2 atom stereocenters. The molecular formula is C27H28F2N2O5. The van der Waals surface area contributed by atoms with Crippen molar-refractivity contribution >= 4 is 17.6 Å². The van der Waals surface area contributed by atoms with E-state index in [0.29, 0.717) is 55.8 Å². The highest BCUT2D eigenvalue weighted by Crippen LogP contribution is 2.45. The van der Waals surface area contributed by atoms with Crippen LogP contribution < -0.4 is 9.47 Å². The first-order chi connectivity index (χ1) is 17.4. The quantitative estimate of drug-likeness (QED) is 0.588. The van der Waals surface area contributed by atoms with Gasteiger partial charge < -0.3 is 24.0 Å². The second-order valence-electron chi connectivity index (χ2n) is 9.30.